The molecule has 7 heteroatoms. The minimum atomic E-state index is 0.861. The molecule has 164 valence electrons. The molecule has 1 aliphatic rings. The lowest BCUT2D eigenvalue weighted by Gasteiger charge is -2.19. The summed E-state index contributed by atoms with van der Waals surface area (Å²) in [5, 5.41) is 11.1. The first kappa shape index (κ1) is 22.3. The summed E-state index contributed by atoms with van der Waals surface area (Å²) >= 11 is 0. The van der Waals surface area contributed by atoms with Gasteiger partial charge in [-0.2, -0.15) is 5.10 Å². The smallest absolute Gasteiger partial charge is 0.191 e. The highest BCUT2D eigenvalue weighted by atomic mass is 15.3. The second-order valence-electron chi connectivity index (χ2n) is 7.91. The number of likely N-dealkylation sites (N-methyl/N-ethyl adjacent to an activating group) is 1. The molecule has 0 aliphatic carbocycles. The molecule has 0 amide bonds. The topological polar surface area (TPSA) is 60.7 Å². The zero-order valence-electron chi connectivity index (χ0n) is 18.6. The van der Waals surface area contributed by atoms with Crippen LogP contribution >= 0.6 is 0 Å². The van der Waals surface area contributed by atoms with Gasteiger partial charge in [0.25, 0.3) is 0 Å². The highest BCUT2D eigenvalue weighted by molar-refractivity contribution is 5.79. The fourth-order valence-corrected chi connectivity index (χ4v) is 3.71. The lowest BCUT2D eigenvalue weighted by molar-refractivity contribution is 0.275. The quantitative estimate of drug-likeness (QED) is 0.375. The summed E-state index contributed by atoms with van der Waals surface area (Å²) in [5.74, 6) is 0.918. The van der Waals surface area contributed by atoms with Crippen LogP contribution in [0.2, 0.25) is 0 Å². The van der Waals surface area contributed by atoms with E-state index >= 15 is 0 Å². The van der Waals surface area contributed by atoms with Crippen LogP contribution in [0.5, 0.6) is 0 Å². The molecule has 0 radical (unpaired) electrons. The maximum absolute atomic E-state index is 4.76. The van der Waals surface area contributed by atoms with E-state index in [2.05, 4.69) is 63.8 Å². The second kappa shape index (κ2) is 12.3. The zero-order valence-corrected chi connectivity index (χ0v) is 18.6. The highest BCUT2D eigenvalue weighted by Gasteiger charge is 2.11. The van der Waals surface area contributed by atoms with Gasteiger partial charge in [0.2, 0.25) is 0 Å². The Labute approximate surface area is 181 Å². The van der Waals surface area contributed by atoms with Crippen LogP contribution in [0.1, 0.15) is 25.3 Å². The summed E-state index contributed by atoms with van der Waals surface area (Å²) in [7, 11) is 2.22. The molecule has 1 aromatic heterocycles. The molecule has 0 spiro atoms. The van der Waals surface area contributed by atoms with E-state index < -0.39 is 0 Å². The second-order valence-corrected chi connectivity index (χ2v) is 7.91. The maximum atomic E-state index is 4.76. The predicted octanol–water partition coefficient (Wildman–Crippen LogP) is 2.00. The molecule has 1 aliphatic heterocycles. The van der Waals surface area contributed by atoms with E-state index in [-0.39, 0.29) is 0 Å². The van der Waals surface area contributed by atoms with Crippen LogP contribution in [0, 0.1) is 0 Å². The summed E-state index contributed by atoms with van der Waals surface area (Å²) in [6.45, 7) is 10.6. The summed E-state index contributed by atoms with van der Waals surface area (Å²) in [5.41, 5.74) is 2.39. The van der Waals surface area contributed by atoms with Crippen molar-refractivity contribution in [1.82, 2.24) is 30.2 Å². The Bertz CT molecular complexity index is 739. The summed E-state index contributed by atoms with van der Waals surface area (Å²) in [6.07, 6.45) is 7.10. The average Bonchev–Trinajstić information content (AvgIpc) is 3.22. The van der Waals surface area contributed by atoms with Gasteiger partial charge in [-0.1, -0.05) is 12.1 Å². The van der Waals surface area contributed by atoms with Gasteiger partial charge in [-0.3, -0.25) is 4.99 Å². The molecule has 0 saturated carbocycles. The molecule has 0 atom stereocenters. The molecule has 30 heavy (non-hydrogen) atoms. The van der Waals surface area contributed by atoms with Crippen molar-refractivity contribution in [1.29, 1.82) is 0 Å². The van der Waals surface area contributed by atoms with Crippen molar-refractivity contribution in [3.8, 4) is 5.69 Å². The molecule has 2 heterocycles. The molecule has 0 bridgehead atoms. The van der Waals surface area contributed by atoms with Crippen LogP contribution in [-0.2, 0) is 6.42 Å². The van der Waals surface area contributed by atoms with Gasteiger partial charge >= 0.3 is 0 Å². The average molecular weight is 412 g/mol. The van der Waals surface area contributed by atoms with Crippen LogP contribution in [0.25, 0.3) is 5.69 Å². The molecular weight excluding hydrogens is 374 g/mol. The fraction of sp³-hybridized carbons (Fsp3) is 0.565. The van der Waals surface area contributed by atoms with E-state index in [0.29, 0.717) is 0 Å². The van der Waals surface area contributed by atoms with Crippen molar-refractivity contribution in [2.45, 2.75) is 26.2 Å². The molecule has 2 N–H and O–H groups in total. The Kier molecular flexibility index (Phi) is 9.18. The first-order chi connectivity index (χ1) is 14.7. The Morgan fingerprint density at radius 2 is 1.97 bits per heavy atom. The number of aliphatic imine (C=N–C) groups is 1. The van der Waals surface area contributed by atoms with E-state index in [1.54, 1.807) is 6.20 Å². The van der Waals surface area contributed by atoms with Gasteiger partial charge in [-0.25, -0.2) is 4.68 Å². The van der Waals surface area contributed by atoms with Crippen LogP contribution in [0.4, 0.5) is 0 Å². The standard InChI is InChI=1S/C23H37N7/c1-3-24-23(25-12-4-16-29-17-6-15-28(2)19-20-29)26-14-11-21-7-9-22(10-8-21)30-18-5-13-27-30/h5,7-10,13,18H,3-4,6,11-12,14-17,19-20H2,1-2H3,(H2,24,25,26). The number of nitrogens with zero attached hydrogens (tertiary/aromatic N) is 5. The van der Waals surface area contributed by atoms with Crippen molar-refractivity contribution in [2.24, 2.45) is 4.99 Å². The monoisotopic (exact) mass is 411 g/mol. The number of hydrogen-bond donors (Lipinski definition) is 2. The number of aromatic nitrogens is 2. The van der Waals surface area contributed by atoms with Crippen molar-refractivity contribution >= 4 is 5.96 Å². The third kappa shape index (κ3) is 7.46. The van der Waals surface area contributed by atoms with Gasteiger partial charge < -0.3 is 20.4 Å². The molecule has 0 unspecified atom stereocenters. The van der Waals surface area contributed by atoms with Crippen molar-refractivity contribution in [3.63, 3.8) is 0 Å². The van der Waals surface area contributed by atoms with E-state index in [9.17, 15) is 0 Å². The lowest BCUT2D eigenvalue weighted by atomic mass is 10.1. The zero-order chi connectivity index (χ0) is 21.0. The number of guanidine groups is 1. The number of hydrogen-bond acceptors (Lipinski definition) is 4. The normalized spacial score (nSPS) is 16.4. The predicted molar refractivity (Wildman–Crippen MR) is 124 cm³/mol. The summed E-state index contributed by atoms with van der Waals surface area (Å²) in [4.78, 5) is 9.76. The first-order valence-corrected chi connectivity index (χ1v) is 11.3. The molecule has 2 aromatic rings. The fourth-order valence-electron chi connectivity index (χ4n) is 3.71. The van der Waals surface area contributed by atoms with Gasteiger partial charge in [0, 0.05) is 45.1 Å². The van der Waals surface area contributed by atoms with E-state index in [1.165, 1.54) is 38.2 Å². The van der Waals surface area contributed by atoms with Gasteiger partial charge in [0.1, 0.15) is 0 Å². The van der Waals surface area contributed by atoms with E-state index in [4.69, 9.17) is 4.99 Å². The summed E-state index contributed by atoms with van der Waals surface area (Å²) in [6, 6.07) is 10.5. The lowest BCUT2D eigenvalue weighted by Crippen LogP contribution is -2.38. The van der Waals surface area contributed by atoms with Crippen LogP contribution < -0.4 is 10.6 Å². The minimum Gasteiger partial charge on any atom is -0.357 e. The van der Waals surface area contributed by atoms with Crippen molar-refractivity contribution in [3.05, 3.63) is 48.3 Å². The van der Waals surface area contributed by atoms with E-state index in [1.807, 2.05) is 16.9 Å². The largest absolute Gasteiger partial charge is 0.357 e. The Balaban J connectivity index is 1.38. The highest BCUT2D eigenvalue weighted by Crippen LogP contribution is 2.09. The van der Waals surface area contributed by atoms with Crippen molar-refractivity contribution < 1.29 is 0 Å². The Morgan fingerprint density at radius 3 is 2.73 bits per heavy atom. The van der Waals surface area contributed by atoms with Crippen LogP contribution in [0.3, 0.4) is 0 Å². The molecule has 7 nitrogen and oxygen atoms in total. The number of rotatable bonds is 9. The number of benzene rings is 1. The number of nitrogens with one attached hydrogen (secondary N) is 2. The molecular formula is C23H37N7. The third-order valence-electron chi connectivity index (χ3n) is 5.47. The minimum absolute atomic E-state index is 0.861. The molecule has 1 saturated heterocycles. The summed E-state index contributed by atoms with van der Waals surface area (Å²) < 4.78 is 1.88. The van der Waals surface area contributed by atoms with Crippen molar-refractivity contribution in [2.75, 3.05) is 59.4 Å². The van der Waals surface area contributed by atoms with Gasteiger partial charge in [0.05, 0.1) is 5.69 Å². The van der Waals surface area contributed by atoms with E-state index in [0.717, 1.165) is 50.7 Å². The molecule has 1 fully saturated rings. The van der Waals surface area contributed by atoms with Crippen LogP contribution in [0.15, 0.2) is 47.7 Å². The van der Waals surface area contributed by atoms with Gasteiger partial charge in [-0.15, -0.1) is 0 Å². The Morgan fingerprint density at radius 1 is 1.10 bits per heavy atom. The SMILES string of the molecule is CCNC(=NCCCN1CCCN(C)CC1)NCCc1ccc(-n2cccn2)cc1. The van der Waals surface area contributed by atoms with Gasteiger partial charge in [0.15, 0.2) is 5.96 Å². The Hall–Kier alpha value is -2.38. The molecule has 1 aromatic carbocycles. The van der Waals surface area contributed by atoms with Crippen LogP contribution in [-0.4, -0.2) is 84.9 Å². The first-order valence-electron chi connectivity index (χ1n) is 11.3. The van der Waals surface area contributed by atoms with Gasteiger partial charge in [-0.05, 0) is 76.6 Å². The molecule has 3 rings (SSSR count). The maximum Gasteiger partial charge on any atom is 0.191 e. The third-order valence-corrected chi connectivity index (χ3v) is 5.47.